The Hall–Kier alpha value is -0.200. The normalized spacial score (nSPS) is 52.6. The minimum atomic E-state index is -1.19. The minimum absolute atomic E-state index is 0.584. The van der Waals surface area contributed by atoms with Gasteiger partial charge in [-0.25, -0.2) is 0 Å². The van der Waals surface area contributed by atoms with Gasteiger partial charge in [0.25, 0.3) is 0 Å². The average Bonchev–Trinajstić information content (AvgIpc) is 1.97. The second-order valence-electron chi connectivity index (χ2n) is 2.79. The molecule has 0 amide bonds. The first-order valence-electron chi connectivity index (χ1n) is 3.49. The van der Waals surface area contributed by atoms with Gasteiger partial charge in [-0.15, -0.1) is 0 Å². The number of hydrogen-bond acceptors (Lipinski definition) is 5. The van der Waals surface area contributed by atoms with Gasteiger partial charge in [0.05, 0.1) is 12.1 Å². The van der Waals surface area contributed by atoms with Crippen LogP contribution in [0.4, 0.5) is 0 Å². The lowest BCUT2D eigenvalue weighted by atomic mass is 9.99. The van der Waals surface area contributed by atoms with Gasteiger partial charge in [-0.2, -0.15) is 0 Å². The molecule has 0 aromatic rings. The van der Waals surface area contributed by atoms with Crippen molar-refractivity contribution >= 4 is 0 Å². The predicted octanol–water partition coefficient (Wildman–Crippen LogP) is -2.23. The standard InChI is InChI=1S/C6H13NO4/c1-2-4(8)5(9)3(7)6(10)11-2/h2-6,8-10H,7H2,1H3/t2-,3+,4-,5+,6+/m1/s1. The van der Waals surface area contributed by atoms with Gasteiger partial charge in [0, 0.05) is 0 Å². The average molecular weight is 163 g/mol. The van der Waals surface area contributed by atoms with E-state index in [4.69, 9.17) is 20.7 Å². The Kier molecular flexibility index (Phi) is 2.46. The molecule has 5 atom stereocenters. The van der Waals surface area contributed by atoms with E-state index in [1.165, 1.54) is 0 Å². The molecule has 1 fully saturated rings. The molecule has 0 aliphatic carbocycles. The third-order valence-electron chi connectivity index (χ3n) is 1.91. The maximum atomic E-state index is 9.17. The molecule has 0 unspecified atom stereocenters. The lowest BCUT2D eigenvalue weighted by molar-refractivity contribution is -0.236. The van der Waals surface area contributed by atoms with Crippen molar-refractivity contribution in [1.29, 1.82) is 0 Å². The summed E-state index contributed by atoms with van der Waals surface area (Å²) in [7, 11) is 0. The Bertz CT molecular complexity index is 129. The maximum absolute atomic E-state index is 9.17. The van der Waals surface area contributed by atoms with Crippen LogP contribution in [0.2, 0.25) is 0 Å². The van der Waals surface area contributed by atoms with Crippen LogP contribution in [0.25, 0.3) is 0 Å². The molecular weight excluding hydrogens is 150 g/mol. The van der Waals surface area contributed by atoms with Crippen LogP contribution < -0.4 is 5.73 Å². The third-order valence-corrected chi connectivity index (χ3v) is 1.91. The van der Waals surface area contributed by atoms with Crippen molar-refractivity contribution in [1.82, 2.24) is 0 Å². The molecule has 1 rings (SSSR count). The summed E-state index contributed by atoms with van der Waals surface area (Å²) >= 11 is 0. The van der Waals surface area contributed by atoms with Crippen molar-refractivity contribution in [2.45, 2.75) is 37.6 Å². The Balaban J connectivity index is 2.63. The molecule has 0 saturated carbocycles. The second kappa shape index (κ2) is 3.04. The zero-order chi connectivity index (χ0) is 8.59. The highest BCUT2D eigenvalue weighted by molar-refractivity contribution is 4.88. The Morgan fingerprint density at radius 3 is 2.27 bits per heavy atom. The summed E-state index contributed by atoms with van der Waals surface area (Å²) in [6.45, 7) is 1.56. The molecule has 1 aliphatic heterocycles. The molecule has 5 heteroatoms. The van der Waals surface area contributed by atoms with Crippen LogP contribution in [0.3, 0.4) is 0 Å². The summed E-state index contributed by atoms with van der Waals surface area (Å²) in [6.07, 6.45) is -3.91. The first kappa shape index (κ1) is 8.89. The lowest BCUT2D eigenvalue weighted by Gasteiger charge is -2.37. The molecule has 5 N–H and O–H groups in total. The Labute approximate surface area is 64.4 Å². The van der Waals surface area contributed by atoms with Crippen molar-refractivity contribution < 1.29 is 20.1 Å². The van der Waals surface area contributed by atoms with Gasteiger partial charge in [0.15, 0.2) is 6.29 Å². The molecule has 0 radical (unpaired) electrons. The first-order chi connectivity index (χ1) is 5.04. The number of ether oxygens (including phenoxy) is 1. The molecule has 0 aromatic carbocycles. The lowest BCUT2D eigenvalue weighted by Crippen LogP contribution is -2.60. The summed E-state index contributed by atoms with van der Waals surface area (Å²) in [5, 5.41) is 27.4. The van der Waals surface area contributed by atoms with Crippen LogP contribution >= 0.6 is 0 Å². The van der Waals surface area contributed by atoms with Crippen LogP contribution in [0.1, 0.15) is 6.92 Å². The SMILES string of the molecule is C[C@H]1O[C@H](O)[C@@H](N)[C@H](O)[C@@H]1O. The fourth-order valence-electron chi connectivity index (χ4n) is 1.07. The van der Waals surface area contributed by atoms with Gasteiger partial charge in [0.1, 0.15) is 12.2 Å². The fourth-order valence-corrected chi connectivity index (χ4v) is 1.07. The highest BCUT2D eigenvalue weighted by Gasteiger charge is 2.39. The monoisotopic (exact) mass is 163 g/mol. The molecule has 0 bridgehead atoms. The van der Waals surface area contributed by atoms with Gasteiger partial charge in [-0.3, -0.25) is 0 Å². The van der Waals surface area contributed by atoms with Crippen molar-refractivity contribution in [3.05, 3.63) is 0 Å². The Morgan fingerprint density at radius 1 is 1.18 bits per heavy atom. The quantitative estimate of drug-likeness (QED) is 0.324. The first-order valence-corrected chi connectivity index (χ1v) is 3.49. The van der Waals surface area contributed by atoms with Gasteiger partial charge < -0.3 is 25.8 Å². The fraction of sp³-hybridized carbons (Fsp3) is 1.00. The van der Waals surface area contributed by atoms with Crippen LogP contribution in [0.5, 0.6) is 0 Å². The zero-order valence-electron chi connectivity index (χ0n) is 6.21. The molecule has 5 nitrogen and oxygen atoms in total. The number of aliphatic hydroxyl groups is 3. The summed E-state index contributed by atoms with van der Waals surface area (Å²) in [6, 6.07) is -0.929. The van der Waals surface area contributed by atoms with Crippen molar-refractivity contribution in [2.24, 2.45) is 5.73 Å². The number of nitrogens with two attached hydrogens (primary N) is 1. The van der Waals surface area contributed by atoms with E-state index in [9.17, 15) is 5.11 Å². The van der Waals surface area contributed by atoms with Gasteiger partial charge in [-0.1, -0.05) is 0 Å². The molecular formula is C6H13NO4. The topological polar surface area (TPSA) is 95.9 Å². The van der Waals surface area contributed by atoms with Crippen LogP contribution in [-0.4, -0.2) is 46.0 Å². The highest BCUT2D eigenvalue weighted by atomic mass is 16.6. The predicted molar refractivity (Wildman–Crippen MR) is 36.5 cm³/mol. The van der Waals surface area contributed by atoms with Crippen molar-refractivity contribution in [3.63, 3.8) is 0 Å². The third kappa shape index (κ3) is 1.52. The van der Waals surface area contributed by atoms with E-state index in [2.05, 4.69) is 0 Å². The zero-order valence-corrected chi connectivity index (χ0v) is 6.21. The van der Waals surface area contributed by atoms with Crippen LogP contribution in [0.15, 0.2) is 0 Å². The molecule has 1 saturated heterocycles. The second-order valence-corrected chi connectivity index (χ2v) is 2.79. The van der Waals surface area contributed by atoms with E-state index in [1.54, 1.807) is 6.92 Å². The van der Waals surface area contributed by atoms with E-state index in [0.29, 0.717) is 0 Å². The smallest absolute Gasteiger partial charge is 0.172 e. The Morgan fingerprint density at radius 2 is 1.73 bits per heavy atom. The van der Waals surface area contributed by atoms with E-state index in [0.717, 1.165) is 0 Å². The summed E-state index contributed by atoms with van der Waals surface area (Å²) in [4.78, 5) is 0. The van der Waals surface area contributed by atoms with E-state index >= 15 is 0 Å². The largest absolute Gasteiger partial charge is 0.388 e. The summed E-state index contributed by atoms with van der Waals surface area (Å²) < 4.78 is 4.80. The van der Waals surface area contributed by atoms with Gasteiger partial charge >= 0.3 is 0 Å². The molecule has 0 aromatic heterocycles. The van der Waals surface area contributed by atoms with Crippen molar-refractivity contribution in [2.75, 3.05) is 0 Å². The summed E-state index contributed by atoms with van der Waals surface area (Å²) in [5.41, 5.74) is 5.29. The highest BCUT2D eigenvalue weighted by Crippen LogP contribution is 2.17. The minimum Gasteiger partial charge on any atom is -0.388 e. The molecule has 0 spiro atoms. The molecule has 1 heterocycles. The van der Waals surface area contributed by atoms with Crippen LogP contribution in [0, 0.1) is 0 Å². The summed E-state index contributed by atoms with van der Waals surface area (Å²) in [5.74, 6) is 0. The van der Waals surface area contributed by atoms with Crippen molar-refractivity contribution in [3.8, 4) is 0 Å². The van der Waals surface area contributed by atoms with E-state index in [1.807, 2.05) is 0 Å². The van der Waals surface area contributed by atoms with E-state index in [-0.39, 0.29) is 0 Å². The number of aliphatic hydroxyl groups excluding tert-OH is 3. The molecule has 11 heavy (non-hydrogen) atoms. The molecule has 1 aliphatic rings. The maximum Gasteiger partial charge on any atom is 0.172 e. The van der Waals surface area contributed by atoms with Gasteiger partial charge in [-0.05, 0) is 6.92 Å². The van der Waals surface area contributed by atoms with Gasteiger partial charge in [0.2, 0.25) is 0 Å². The number of rotatable bonds is 0. The number of hydrogen-bond donors (Lipinski definition) is 4. The van der Waals surface area contributed by atoms with E-state index < -0.39 is 30.6 Å². The van der Waals surface area contributed by atoms with Crippen LogP contribution in [-0.2, 0) is 4.74 Å². The molecule has 66 valence electrons.